The van der Waals surface area contributed by atoms with Gasteiger partial charge in [0.15, 0.2) is 0 Å². The highest BCUT2D eigenvalue weighted by Crippen LogP contribution is 2.23. The number of nitrogen functional groups attached to an aromatic ring is 2. The summed E-state index contributed by atoms with van der Waals surface area (Å²) in [6.07, 6.45) is -1.97. The molecule has 0 spiro atoms. The molecular weight excluding hydrogens is 501 g/mol. The zero-order valence-electron chi connectivity index (χ0n) is 20.4. The number of hydrogen-bond donors (Lipinski definition) is 2. The summed E-state index contributed by atoms with van der Waals surface area (Å²) in [6, 6.07) is 17.6. The molecule has 0 saturated carbocycles. The van der Waals surface area contributed by atoms with E-state index in [-0.39, 0.29) is 25.4 Å². The van der Waals surface area contributed by atoms with Gasteiger partial charge in [-0.05, 0) is 72.2 Å². The first-order chi connectivity index (χ1) is 18.1. The Hall–Kier alpha value is -4.47. The van der Waals surface area contributed by atoms with E-state index >= 15 is 0 Å². The van der Waals surface area contributed by atoms with Crippen molar-refractivity contribution >= 4 is 29.4 Å². The predicted molar refractivity (Wildman–Crippen MR) is 138 cm³/mol. The Bertz CT molecular complexity index is 1260. The van der Waals surface area contributed by atoms with Crippen LogP contribution >= 0.6 is 0 Å². The predicted octanol–water partition coefficient (Wildman–Crippen LogP) is 5.59. The van der Waals surface area contributed by atoms with Gasteiger partial charge in [0.2, 0.25) is 0 Å². The minimum atomic E-state index is -4.21. The van der Waals surface area contributed by atoms with Crippen molar-refractivity contribution in [2.24, 2.45) is 0 Å². The molecule has 200 valence electrons. The fourth-order valence-electron chi connectivity index (χ4n) is 3.28. The van der Waals surface area contributed by atoms with Gasteiger partial charge in [-0.15, -0.1) is 0 Å². The van der Waals surface area contributed by atoms with Crippen LogP contribution in [0.5, 0.6) is 11.5 Å². The Labute approximate surface area is 217 Å². The van der Waals surface area contributed by atoms with Crippen LogP contribution in [0, 0.1) is 0 Å². The van der Waals surface area contributed by atoms with Crippen molar-refractivity contribution in [1.29, 1.82) is 0 Å². The van der Waals surface area contributed by atoms with Gasteiger partial charge in [-0.3, -0.25) is 0 Å². The summed E-state index contributed by atoms with van der Waals surface area (Å²) in [4.78, 5) is 24.4. The number of esters is 2. The SMILES string of the molecule is Nc1ccc(CCOC(=O)/C=C/c2ccc(C(=O)Oc3ccc(OCCCC(F)(F)F)cc3)cc2)c(N)c1. The average Bonchev–Trinajstić information content (AvgIpc) is 2.87. The van der Waals surface area contributed by atoms with E-state index in [1.54, 1.807) is 48.5 Å². The van der Waals surface area contributed by atoms with Gasteiger partial charge < -0.3 is 25.7 Å². The number of alkyl halides is 3. The molecule has 0 fully saturated rings. The summed E-state index contributed by atoms with van der Waals surface area (Å²) in [5.41, 5.74) is 14.5. The second-order valence-electron chi connectivity index (χ2n) is 8.26. The van der Waals surface area contributed by atoms with Crippen molar-refractivity contribution in [2.45, 2.75) is 25.4 Å². The van der Waals surface area contributed by atoms with E-state index in [1.165, 1.54) is 30.3 Å². The van der Waals surface area contributed by atoms with Gasteiger partial charge in [0.25, 0.3) is 0 Å². The largest absolute Gasteiger partial charge is 0.494 e. The Morgan fingerprint density at radius 2 is 1.55 bits per heavy atom. The van der Waals surface area contributed by atoms with Crippen molar-refractivity contribution in [1.82, 2.24) is 0 Å². The first kappa shape index (κ1) is 28.1. The van der Waals surface area contributed by atoms with Gasteiger partial charge in [-0.2, -0.15) is 13.2 Å². The molecular formula is C28H27F3N2O5. The van der Waals surface area contributed by atoms with E-state index in [4.69, 9.17) is 25.7 Å². The fourth-order valence-corrected chi connectivity index (χ4v) is 3.28. The van der Waals surface area contributed by atoms with Crippen molar-refractivity contribution in [3.63, 3.8) is 0 Å². The van der Waals surface area contributed by atoms with Gasteiger partial charge in [0.1, 0.15) is 11.5 Å². The highest BCUT2D eigenvalue weighted by atomic mass is 19.4. The second-order valence-corrected chi connectivity index (χ2v) is 8.26. The van der Waals surface area contributed by atoms with Crippen LogP contribution in [-0.2, 0) is 16.0 Å². The molecule has 0 atom stereocenters. The summed E-state index contributed by atoms with van der Waals surface area (Å²) in [5.74, 6) is -0.489. The normalized spacial score (nSPS) is 11.3. The number of ether oxygens (including phenoxy) is 3. The lowest BCUT2D eigenvalue weighted by Gasteiger charge is -2.09. The third-order valence-electron chi connectivity index (χ3n) is 5.25. The highest BCUT2D eigenvalue weighted by molar-refractivity contribution is 5.91. The summed E-state index contributed by atoms with van der Waals surface area (Å²) in [7, 11) is 0. The molecule has 38 heavy (non-hydrogen) atoms. The van der Waals surface area contributed by atoms with E-state index in [1.807, 2.05) is 0 Å². The monoisotopic (exact) mass is 528 g/mol. The van der Waals surface area contributed by atoms with Crippen molar-refractivity contribution in [3.05, 3.63) is 89.5 Å². The van der Waals surface area contributed by atoms with Crippen LogP contribution < -0.4 is 20.9 Å². The highest BCUT2D eigenvalue weighted by Gasteiger charge is 2.26. The molecule has 7 nitrogen and oxygen atoms in total. The molecule has 3 rings (SSSR count). The Balaban J connectivity index is 1.42. The van der Waals surface area contributed by atoms with Crippen LogP contribution in [0.25, 0.3) is 6.08 Å². The zero-order valence-corrected chi connectivity index (χ0v) is 20.4. The lowest BCUT2D eigenvalue weighted by Crippen LogP contribution is -2.10. The third kappa shape index (κ3) is 9.53. The second kappa shape index (κ2) is 13.2. The minimum absolute atomic E-state index is 0.0735. The van der Waals surface area contributed by atoms with Gasteiger partial charge in [0, 0.05) is 30.3 Å². The number of benzene rings is 3. The van der Waals surface area contributed by atoms with E-state index in [9.17, 15) is 22.8 Å². The van der Waals surface area contributed by atoms with Gasteiger partial charge in [-0.1, -0.05) is 18.2 Å². The van der Waals surface area contributed by atoms with Crippen molar-refractivity contribution < 1.29 is 37.0 Å². The first-order valence-corrected chi connectivity index (χ1v) is 11.7. The van der Waals surface area contributed by atoms with Crippen LogP contribution in [0.15, 0.2) is 72.8 Å². The molecule has 0 saturated heterocycles. The van der Waals surface area contributed by atoms with Gasteiger partial charge in [-0.25, -0.2) is 9.59 Å². The van der Waals surface area contributed by atoms with E-state index < -0.39 is 24.5 Å². The maximum absolute atomic E-state index is 12.4. The Kier molecular flexibility index (Phi) is 9.75. The number of anilines is 2. The van der Waals surface area contributed by atoms with Crippen LogP contribution in [0.1, 0.15) is 34.3 Å². The molecule has 0 aromatic heterocycles. The quantitative estimate of drug-likeness (QED) is 0.110. The van der Waals surface area contributed by atoms with Crippen molar-refractivity contribution in [3.8, 4) is 11.5 Å². The van der Waals surface area contributed by atoms with Gasteiger partial charge >= 0.3 is 18.1 Å². The number of nitrogens with two attached hydrogens (primary N) is 2. The molecule has 10 heteroatoms. The summed E-state index contributed by atoms with van der Waals surface area (Å²) in [6.45, 7) is 0.0864. The van der Waals surface area contributed by atoms with Gasteiger partial charge in [0.05, 0.1) is 18.8 Å². The van der Waals surface area contributed by atoms with E-state index in [0.29, 0.717) is 34.7 Å². The summed E-state index contributed by atoms with van der Waals surface area (Å²) < 4.78 is 52.3. The maximum atomic E-state index is 12.4. The molecule has 0 bridgehead atoms. The standard InChI is InChI=1S/C28H27F3N2O5/c29-28(30,31)15-1-16-36-23-9-11-24(12-10-23)38-27(35)21-5-2-19(3-6-21)4-13-26(34)37-17-14-20-7-8-22(32)18-25(20)33/h2-13,18H,1,14-17,32-33H2/b13-4+. The molecule has 0 amide bonds. The molecule has 3 aromatic carbocycles. The maximum Gasteiger partial charge on any atom is 0.389 e. The van der Waals surface area contributed by atoms with Crippen LogP contribution in [0.4, 0.5) is 24.5 Å². The molecule has 0 aliphatic rings. The number of hydrogen-bond acceptors (Lipinski definition) is 7. The Morgan fingerprint density at radius 1 is 0.868 bits per heavy atom. The molecule has 0 aliphatic carbocycles. The number of halogens is 3. The topological polar surface area (TPSA) is 114 Å². The van der Waals surface area contributed by atoms with Crippen LogP contribution in [0.2, 0.25) is 0 Å². The lowest BCUT2D eigenvalue weighted by atomic mass is 10.1. The Morgan fingerprint density at radius 3 is 2.21 bits per heavy atom. The van der Waals surface area contributed by atoms with Crippen LogP contribution in [-0.4, -0.2) is 31.3 Å². The van der Waals surface area contributed by atoms with Crippen molar-refractivity contribution in [2.75, 3.05) is 24.7 Å². The first-order valence-electron chi connectivity index (χ1n) is 11.7. The molecule has 0 radical (unpaired) electrons. The molecule has 4 N–H and O–H groups in total. The zero-order chi connectivity index (χ0) is 27.5. The number of rotatable bonds is 11. The minimum Gasteiger partial charge on any atom is -0.494 e. The molecule has 0 unspecified atom stereocenters. The summed E-state index contributed by atoms with van der Waals surface area (Å²) >= 11 is 0. The van der Waals surface area contributed by atoms with Crippen LogP contribution in [0.3, 0.4) is 0 Å². The number of carbonyl (C=O) groups excluding carboxylic acids is 2. The summed E-state index contributed by atoms with van der Waals surface area (Å²) in [5, 5.41) is 0. The average molecular weight is 529 g/mol. The smallest absolute Gasteiger partial charge is 0.389 e. The lowest BCUT2D eigenvalue weighted by molar-refractivity contribution is -0.138. The number of carbonyl (C=O) groups is 2. The van der Waals surface area contributed by atoms with E-state index in [0.717, 1.165) is 5.56 Å². The molecule has 0 heterocycles. The molecule has 3 aromatic rings. The molecule has 0 aliphatic heterocycles. The fraction of sp³-hybridized carbons (Fsp3) is 0.214. The third-order valence-corrected chi connectivity index (χ3v) is 5.25. The van der Waals surface area contributed by atoms with E-state index in [2.05, 4.69) is 0 Å².